The van der Waals surface area contributed by atoms with E-state index in [1.807, 2.05) is 4.90 Å². The average molecular weight is 827 g/mol. The van der Waals surface area contributed by atoms with Gasteiger partial charge >= 0.3 is 5.97 Å². The van der Waals surface area contributed by atoms with Crippen LogP contribution in [0.2, 0.25) is 0 Å². The molecule has 5 aliphatic heterocycles. The Hall–Kier alpha value is -2.90. The van der Waals surface area contributed by atoms with Crippen LogP contribution in [0.5, 0.6) is 0 Å². The molecule has 0 aromatic rings. The van der Waals surface area contributed by atoms with Crippen LogP contribution in [0.15, 0.2) is 22.1 Å². The van der Waals surface area contributed by atoms with Crippen LogP contribution in [0.25, 0.3) is 0 Å². The molecule has 5 rings (SSSR count). The van der Waals surface area contributed by atoms with E-state index in [2.05, 4.69) is 41.2 Å². The Kier molecular flexibility index (Phi) is 19.6. The summed E-state index contributed by atoms with van der Waals surface area (Å²) >= 11 is 0. The van der Waals surface area contributed by atoms with Gasteiger partial charge in [-0.15, -0.1) is 0 Å². The molecule has 0 aromatic carbocycles. The third kappa shape index (κ3) is 14.1. The molecule has 5 aliphatic rings. The van der Waals surface area contributed by atoms with Crippen molar-refractivity contribution in [1.29, 1.82) is 0 Å². The third-order valence-corrected chi connectivity index (χ3v) is 13.4. The molecule has 0 aromatic heterocycles. The van der Waals surface area contributed by atoms with Gasteiger partial charge in [-0.05, 0) is 96.9 Å². The highest BCUT2D eigenvalue weighted by molar-refractivity contribution is 5.87. The van der Waals surface area contributed by atoms with Crippen LogP contribution < -0.4 is 22.5 Å². The summed E-state index contributed by atoms with van der Waals surface area (Å²) in [5.74, 6) is 0.692. The molecule has 13 nitrogen and oxygen atoms in total. The summed E-state index contributed by atoms with van der Waals surface area (Å²) < 4.78 is 19.6. The van der Waals surface area contributed by atoms with E-state index in [0.717, 1.165) is 122 Å². The number of nitrogens with zero attached hydrogens (tertiary/aromatic N) is 4. The van der Waals surface area contributed by atoms with Gasteiger partial charge in [0.25, 0.3) is 0 Å². The molecule has 0 bridgehead atoms. The van der Waals surface area contributed by atoms with Crippen molar-refractivity contribution in [3.8, 4) is 0 Å². The van der Waals surface area contributed by atoms with Crippen LogP contribution in [0.4, 0.5) is 0 Å². The van der Waals surface area contributed by atoms with E-state index in [-0.39, 0.29) is 36.1 Å². The minimum atomic E-state index is -0.885. The molecule has 336 valence electrons. The molecule has 7 N–H and O–H groups in total. The Morgan fingerprint density at radius 1 is 0.915 bits per heavy atom. The number of nitrogens with one attached hydrogen (secondary N) is 1. The second-order valence-corrected chi connectivity index (χ2v) is 18.2. The number of esters is 1. The molecule has 2 spiro atoms. The zero-order valence-corrected chi connectivity index (χ0v) is 37.0. The number of aliphatic imine (C=N–C) groups is 2. The van der Waals surface area contributed by atoms with Crippen molar-refractivity contribution >= 4 is 23.8 Å². The Morgan fingerprint density at radius 2 is 1.61 bits per heavy atom. The van der Waals surface area contributed by atoms with E-state index in [1.165, 1.54) is 57.8 Å². The van der Waals surface area contributed by atoms with Crippen LogP contribution in [0.3, 0.4) is 0 Å². The zero-order chi connectivity index (χ0) is 41.9. The van der Waals surface area contributed by atoms with Gasteiger partial charge in [0.15, 0.2) is 17.6 Å². The van der Waals surface area contributed by atoms with Gasteiger partial charge in [-0.2, -0.15) is 0 Å². The van der Waals surface area contributed by atoms with Crippen LogP contribution in [-0.2, 0) is 23.8 Å². The van der Waals surface area contributed by atoms with Crippen molar-refractivity contribution < 1.29 is 23.8 Å². The summed E-state index contributed by atoms with van der Waals surface area (Å²) in [7, 11) is 0. The van der Waals surface area contributed by atoms with Gasteiger partial charge < -0.3 is 46.5 Å². The maximum absolute atomic E-state index is 14.1. The number of nitrogens with two attached hydrogens (primary N) is 3. The molecule has 3 saturated heterocycles. The summed E-state index contributed by atoms with van der Waals surface area (Å²) in [6.07, 6.45) is 31.6. The van der Waals surface area contributed by atoms with Gasteiger partial charge in [0.2, 0.25) is 5.91 Å². The predicted molar refractivity (Wildman–Crippen MR) is 236 cm³/mol. The standard InChI is InChI=1S/C46H82N8O5/c1-3-38-24-16-17-28-45(59-38)35-37-26-27-39-41(46(29-21-23-36(2)58-46)52-44(51-45)54(37)39)42(56)57-34-20-14-12-10-8-6-4-5-7-9-11-13-15-25-40(55)53(33-22-30-47)32-19-18-31-50-43(48)49/h16,24,36-39,41H,3-15,17-23,25-35,47H2,1-2H3,(H,51,52)(H4,48,49,50)/t36-,37+,38+,39-,41-,45+,46-/m0/s1. The van der Waals surface area contributed by atoms with Crippen molar-refractivity contribution in [2.24, 2.45) is 33.1 Å². The van der Waals surface area contributed by atoms with Gasteiger partial charge in [-0.3, -0.25) is 14.6 Å². The van der Waals surface area contributed by atoms with Crippen molar-refractivity contribution in [3.05, 3.63) is 12.2 Å². The molecule has 7 atom stereocenters. The fourth-order valence-corrected chi connectivity index (χ4v) is 10.3. The van der Waals surface area contributed by atoms with Gasteiger partial charge in [0.05, 0.1) is 24.9 Å². The fraction of sp³-hybridized carbons (Fsp3) is 0.870. The summed E-state index contributed by atoms with van der Waals surface area (Å²) in [6, 6.07) is 0.332. The van der Waals surface area contributed by atoms with E-state index in [0.29, 0.717) is 32.2 Å². The summed E-state index contributed by atoms with van der Waals surface area (Å²) in [5.41, 5.74) is 15.2. The number of ether oxygens (including phenoxy) is 3. The topological polar surface area (TPSA) is 183 Å². The molecule has 0 radical (unpaired) electrons. The minimum absolute atomic E-state index is 0.0327. The van der Waals surface area contributed by atoms with Crippen LogP contribution >= 0.6 is 0 Å². The predicted octanol–water partition coefficient (Wildman–Crippen LogP) is 7.16. The smallest absolute Gasteiger partial charge is 0.316 e. The number of amides is 1. The number of hydrogen-bond donors (Lipinski definition) is 4. The number of hydrogen-bond acceptors (Lipinski definition) is 10. The van der Waals surface area contributed by atoms with Crippen molar-refractivity contribution in [2.75, 3.05) is 32.8 Å². The zero-order valence-electron chi connectivity index (χ0n) is 37.0. The maximum atomic E-state index is 14.1. The first kappa shape index (κ1) is 47.2. The third-order valence-electron chi connectivity index (χ3n) is 13.4. The Bertz CT molecular complexity index is 1370. The molecule has 3 fully saturated rings. The molecule has 0 aliphatic carbocycles. The SMILES string of the molecule is CC[C@@H]1C=CCC[C@]2(C[C@H]3CC[C@H]4[C@@H](C(=O)OCCCCCCCCCCCCCCCC(=O)N(CCCN)CCCCN=C(N)N)[C@@]5(CCC[C@H](C)O5)N=C(N2)N34)O1. The van der Waals surface area contributed by atoms with Crippen molar-refractivity contribution in [1.82, 2.24) is 15.1 Å². The Balaban J connectivity index is 0.925. The molecule has 0 saturated carbocycles. The monoisotopic (exact) mass is 827 g/mol. The second kappa shape index (κ2) is 24.5. The maximum Gasteiger partial charge on any atom is 0.316 e. The lowest BCUT2D eigenvalue weighted by molar-refractivity contribution is -0.194. The minimum Gasteiger partial charge on any atom is -0.465 e. The lowest BCUT2D eigenvalue weighted by Crippen LogP contribution is -2.71. The van der Waals surface area contributed by atoms with Gasteiger partial charge in [-0.1, -0.05) is 89.7 Å². The highest BCUT2D eigenvalue weighted by Gasteiger charge is 2.62. The van der Waals surface area contributed by atoms with Gasteiger partial charge in [0.1, 0.15) is 11.6 Å². The van der Waals surface area contributed by atoms with E-state index in [4.69, 9.17) is 36.4 Å². The average Bonchev–Trinajstić information content (AvgIpc) is 3.52. The highest BCUT2D eigenvalue weighted by Crippen LogP contribution is 2.50. The summed E-state index contributed by atoms with van der Waals surface area (Å²) in [5, 5.41) is 3.80. The van der Waals surface area contributed by atoms with Gasteiger partial charge in [-0.25, -0.2) is 4.99 Å². The number of unbranched alkanes of at least 4 members (excludes halogenated alkanes) is 13. The summed E-state index contributed by atoms with van der Waals surface area (Å²) in [4.78, 5) is 40.6. The number of carbonyl (C=O) groups excluding carboxylic acids is 2. The summed E-state index contributed by atoms with van der Waals surface area (Å²) in [6.45, 7) is 7.44. The highest BCUT2D eigenvalue weighted by atomic mass is 16.6. The number of allylic oxidation sites excluding steroid dienone is 1. The lowest BCUT2D eigenvalue weighted by atomic mass is 9.80. The first-order chi connectivity index (χ1) is 28.7. The molecule has 5 heterocycles. The van der Waals surface area contributed by atoms with Crippen LogP contribution in [0, 0.1) is 5.92 Å². The van der Waals surface area contributed by atoms with E-state index >= 15 is 0 Å². The number of rotatable bonds is 26. The largest absolute Gasteiger partial charge is 0.465 e. The first-order valence-corrected chi connectivity index (χ1v) is 24.1. The molecule has 13 heteroatoms. The molecule has 1 amide bonds. The number of carbonyl (C=O) groups is 2. The quantitative estimate of drug-likeness (QED) is 0.0230. The van der Waals surface area contributed by atoms with E-state index in [9.17, 15) is 9.59 Å². The molecular formula is C46H82N8O5. The molecule has 59 heavy (non-hydrogen) atoms. The number of guanidine groups is 2. The Morgan fingerprint density at radius 3 is 2.29 bits per heavy atom. The van der Waals surface area contributed by atoms with Crippen molar-refractivity contribution in [3.63, 3.8) is 0 Å². The van der Waals surface area contributed by atoms with E-state index < -0.39 is 17.4 Å². The normalized spacial score (nSPS) is 28.5. The van der Waals surface area contributed by atoms with Crippen LogP contribution in [-0.4, -0.2) is 102 Å². The lowest BCUT2D eigenvalue weighted by Gasteiger charge is -2.55. The fourth-order valence-electron chi connectivity index (χ4n) is 10.3. The van der Waals surface area contributed by atoms with Crippen LogP contribution in [0.1, 0.15) is 181 Å². The van der Waals surface area contributed by atoms with Crippen molar-refractivity contribution in [2.45, 2.75) is 217 Å². The van der Waals surface area contributed by atoms with E-state index in [1.54, 1.807) is 0 Å². The molecule has 0 unspecified atom stereocenters. The van der Waals surface area contributed by atoms with Gasteiger partial charge in [0, 0.05) is 38.5 Å². The molecular weight excluding hydrogens is 745 g/mol. The Labute approximate surface area is 356 Å². The first-order valence-electron chi connectivity index (χ1n) is 24.1. The second-order valence-electron chi connectivity index (χ2n) is 18.2.